The van der Waals surface area contributed by atoms with Gasteiger partial charge < -0.3 is 5.32 Å². The van der Waals surface area contributed by atoms with Gasteiger partial charge in [-0.1, -0.05) is 27.4 Å². The van der Waals surface area contributed by atoms with Gasteiger partial charge in [0.15, 0.2) is 5.57 Å². The third-order valence-electron chi connectivity index (χ3n) is 3.00. The molecule has 0 spiro atoms. The maximum absolute atomic E-state index is 9.47. The standard InChI is InChI=1S/C17H9ClN6S/c18-14-4-6-15(7-5-14)22-17(25)24(23-8-2-1-3-9-23)16(12-21)13(10-19)11-20/h1-9H/p+1. The average Bonchev–Trinajstić information content (AvgIpc) is 2.64. The second-order valence-corrected chi connectivity index (χ2v) is 5.39. The molecule has 0 saturated heterocycles. The lowest BCUT2D eigenvalue weighted by Crippen LogP contribution is -2.61. The summed E-state index contributed by atoms with van der Waals surface area (Å²) in [5, 5.41) is 32.6. The lowest BCUT2D eigenvalue weighted by Gasteiger charge is -2.18. The van der Waals surface area contributed by atoms with Crippen LogP contribution in [0.4, 0.5) is 5.69 Å². The van der Waals surface area contributed by atoms with Crippen molar-refractivity contribution < 1.29 is 4.68 Å². The van der Waals surface area contributed by atoms with Crippen molar-refractivity contribution in [1.29, 1.82) is 15.8 Å². The molecule has 0 bridgehead atoms. The molecular weight excluding hydrogens is 356 g/mol. The summed E-state index contributed by atoms with van der Waals surface area (Å²) >= 11 is 11.2. The Bertz CT molecular complexity index is 916. The van der Waals surface area contributed by atoms with Crippen LogP contribution >= 0.6 is 23.8 Å². The summed E-state index contributed by atoms with van der Waals surface area (Å²) in [6.07, 6.45) is 3.28. The summed E-state index contributed by atoms with van der Waals surface area (Å²) in [5.74, 6) is 0. The molecule has 6 nitrogen and oxygen atoms in total. The lowest BCUT2D eigenvalue weighted by molar-refractivity contribution is -0.675. The molecule has 25 heavy (non-hydrogen) atoms. The highest BCUT2D eigenvalue weighted by Gasteiger charge is 2.27. The first-order chi connectivity index (χ1) is 12.1. The minimum Gasteiger partial charge on any atom is -0.328 e. The Morgan fingerprint density at radius 3 is 2.12 bits per heavy atom. The third kappa shape index (κ3) is 4.31. The van der Waals surface area contributed by atoms with Gasteiger partial charge in [0.2, 0.25) is 23.2 Å². The Morgan fingerprint density at radius 1 is 1.00 bits per heavy atom. The van der Waals surface area contributed by atoms with Gasteiger partial charge in [-0.2, -0.15) is 15.8 Å². The second kappa shape index (κ2) is 8.42. The van der Waals surface area contributed by atoms with E-state index < -0.39 is 0 Å². The SMILES string of the molecule is N#CC(C#N)=C(C#N)N(C(=S)Nc1ccc(Cl)cc1)[n+]1ccccc1. The highest BCUT2D eigenvalue weighted by molar-refractivity contribution is 7.80. The van der Waals surface area contributed by atoms with E-state index in [1.807, 2.05) is 6.07 Å². The van der Waals surface area contributed by atoms with Gasteiger partial charge in [0, 0.05) is 22.8 Å². The number of thiocarbonyl (C=S) groups is 1. The van der Waals surface area contributed by atoms with Crippen molar-refractivity contribution >= 4 is 34.6 Å². The largest absolute Gasteiger partial charge is 0.328 e. The van der Waals surface area contributed by atoms with Crippen LogP contribution < -0.4 is 15.0 Å². The van der Waals surface area contributed by atoms with E-state index in [0.717, 1.165) is 0 Å². The van der Waals surface area contributed by atoms with Crippen LogP contribution in [0.3, 0.4) is 0 Å². The zero-order valence-corrected chi connectivity index (χ0v) is 14.3. The van der Waals surface area contributed by atoms with Crippen molar-refractivity contribution in [3.8, 4) is 18.2 Å². The number of rotatable bonds is 3. The highest BCUT2D eigenvalue weighted by Crippen LogP contribution is 2.15. The molecule has 0 aliphatic heterocycles. The fourth-order valence-electron chi connectivity index (χ4n) is 1.89. The highest BCUT2D eigenvalue weighted by atomic mass is 35.5. The summed E-state index contributed by atoms with van der Waals surface area (Å²) in [6, 6.07) is 17.3. The number of nitriles is 3. The number of allylic oxidation sites excluding steroid dienone is 2. The van der Waals surface area contributed by atoms with E-state index in [1.54, 1.807) is 67.0 Å². The molecule has 120 valence electrons. The molecule has 1 N–H and O–H groups in total. The minimum atomic E-state index is -0.348. The summed E-state index contributed by atoms with van der Waals surface area (Å²) in [6.45, 7) is 0. The van der Waals surface area contributed by atoms with E-state index in [1.165, 1.54) is 9.69 Å². The van der Waals surface area contributed by atoms with Gasteiger partial charge in [-0.3, -0.25) is 0 Å². The van der Waals surface area contributed by atoms with Crippen molar-refractivity contribution in [2.75, 3.05) is 10.3 Å². The molecule has 0 saturated carbocycles. The molecule has 0 atom stereocenters. The molecule has 0 amide bonds. The van der Waals surface area contributed by atoms with Crippen LogP contribution in [-0.2, 0) is 0 Å². The molecule has 0 unspecified atom stereocenters. The normalized spacial score (nSPS) is 9.04. The van der Waals surface area contributed by atoms with Gasteiger partial charge >= 0.3 is 0 Å². The first kappa shape index (κ1) is 17.9. The molecule has 1 aromatic heterocycles. The monoisotopic (exact) mass is 365 g/mol. The van der Waals surface area contributed by atoms with E-state index in [2.05, 4.69) is 5.32 Å². The zero-order valence-electron chi connectivity index (χ0n) is 12.7. The minimum absolute atomic E-state index is 0.109. The number of anilines is 1. The van der Waals surface area contributed by atoms with Crippen LogP contribution in [0.5, 0.6) is 0 Å². The van der Waals surface area contributed by atoms with Gasteiger partial charge in [-0.25, -0.2) is 0 Å². The number of nitrogens with one attached hydrogen (secondary N) is 1. The summed E-state index contributed by atoms with van der Waals surface area (Å²) in [7, 11) is 0. The first-order valence-electron chi connectivity index (χ1n) is 6.88. The predicted octanol–water partition coefficient (Wildman–Crippen LogP) is 2.79. The Balaban J connectivity index is 2.49. The van der Waals surface area contributed by atoms with Gasteiger partial charge in [0.25, 0.3) is 0 Å². The van der Waals surface area contributed by atoms with Gasteiger partial charge in [-0.05, 0) is 36.5 Å². The molecule has 8 heteroatoms. The van der Waals surface area contributed by atoms with Gasteiger partial charge in [-0.15, -0.1) is 0 Å². The van der Waals surface area contributed by atoms with E-state index in [-0.39, 0.29) is 16.4 Å². The van der Waals surface area contributed by atoms with E-state index >= 15 is 0 Å². The second-order valence-electron chi connectivity index (χ2n) is 4.56. The van der Waals surface area contributed by atoms with Crippen LogP contribution in [0.1, 0.15) is 0 Å². The summed E-state index contributed by atoms with van der Waals surface area (Å²) in [4.78, 5) is 0. The Labute approximate surface area is 155 Å². The fourth-order valence-corrected chi connectivity index (χ4v) is 2.32. The molecule has 2 rings (SSSR count). The summed E-state index contributed by atoms with van der Waals surface area (Å²) in [5.41, 5.74) is 0.107. The smallest absolute Gasteiger partial charge is 0.239 e. The maximum Gasteiger partial charge on any atom is 0.239 e. The fraction of sp³-hybridized carbons (Fsp3) is 0. The maximum atomic E-state index is 9.47. The van der Waals surface area contributed by atoms with Crippen LogP contribution in [0.15, 0.2) is 66.1 Å². The average molecular weight is 366 g/mol. The quantitative estimate of drug-likeness (QED) is 0.511. The molecule has 0 aliphatic rings. The van der Waals surface area contributed by atoms with Crippen LogP contribution in [0.2, 0.25) is 5.02 Å². The first-order valence-corrected chi connectivity index (χ1v) is 7.67. The molecule has 0 aliphatic carbocycles. The van der Waals surface area contributed by atoms with Crippen molar-refractivity contribution in [3.63, 3.8) is 0 Å². The van der Waals surface area contributed by atoms with E-state index in [0.29, 0.717) is 10.7 Å². The molecule has 1 aromatic carbocycles. The predicted molar refractivity (Wildman–Crippen MR) is 96.4 cm³/mol. The molecule has 1 heterocycles. The number of halogens is 1. The van der Waals surface area contributed by atoms with E-state index in [9.17, 15) is 5.26 Å². The Kier molecular flexibility index (Phi) is 6.03. The van der Waals surface area contributed by atoms with Crippen molar-refractivity contribution in [2.45, 2.75) is 0 Å². The number of benzene rings is 1. The number of hydrogen-bond donors (Lipinski definition) is 1. The van der Waals surface area contributed by atoms with Crippen molar-refractivity contribution in [3.05, 3.63) is 71.2 Å². The summed E-state index contributed by atoms with van der Waals surface area (Å²) < 4.78 is 1.50. The van der Waals surface area contributed by atoms with Crippen molar-refractivity contribution in [1.82, 2.24) is 0 Å². The topological polar surface area (TPSA) is 90.5 Å². The Hall–Kier alpha value is -3.44. The number of nitrogens with zero attached hydrogens (tertiary/aromatic N) is 5. The van der Waals surface area contributed by atoms with Crippen molar-refractivity contribution in [2.24, 2.45) is 0 Å². The van der Waals surface area contributed by atoms with Gasteiger partial charge in [0.05, 0.1) is 0 Å². The number of hydrogen-bond acceptors (Lipinski definition) is 4. The number of pyridine rings is 1. The molecule has 2 aromatic rings. The third-order valence-corrected chi connectivity index (χ3v) is 3.52. The van der Waals surface area contributed by atoms with Crippen LogP contribution in [-0.4, -0.2) is 5.11 Å². The zero-order chi connectivity index (χ0) is 18.2. The molecule has 0 fully saturated rings. The lowest BCUT2D eigenvalue weighted by atomic mass is 10.2. The van der Waals surface area contributed by atoms with E-state index in [4.69, 9.17) is 34.3 Å². The van der Waals surface area contributed by atoms with Crippen LogP contribution in [0.25, 0.3) is 0 Å². The van der Waals surface area contributed by atoms with Gasteiger partial charge in [0.1, 0.15) is 18.2 Å². The molecular formula is C17H10ClN6S+. The number of aromatic nitrogens is 1. The molecule has 0 radical (unpaired) electrons. The Morgan fingerprint density at radius 2 is 1.60 bits per heavy atom. The van der Waals surface area contributed by atoms with Crippen LogP contribution in [0, 0.1) is 34.0 Å².